The van der Waals surface area contributed by atoms with E-state index in [2.05, 4.69) is 5.10 Å². The van der Waals surface area contributed by atoms with Gasteiger partial charge in [-0.2, -0.15) is 27.1 Å². The first-order valence-corrected chi connectivity index (χ1v) is 3.21. The van der Waals surface area contributed by atoms with E-state index in [1.54, 1.807) is 0 Å². The lowest BCUT2D eigenvalue weighted by atomic mass is 10.4. The SMILES string of the molecule is CC(F)(F)n1cc(C(F)(F)F)cn1. The van der Waals surface area contributed by atoms with Crippen molar-refractivity contribution in [1.82, 2.24) is 9.78 Å². The van der Waals surface area contributed by atoms with Gasteiger partial charge in [0.1, 0.15) is 0 Å². The molecule has 1 aromatic rings. The predicted octanol–water partition coefficient (Wildman–Crippen LogP) is 2.47. The number of hydrogen-bond donors (Lipinski definition) is 0. The fraction of sp³-hybridized carbons (Fsp3) is 0.500. The Balaban J connectivity index is 3.01. The molecule has 0 aromatic carbocycles. The number of aromatic nitrogens is 2. The van der Waals surface area contributed by atoms with E-state index < -0.39 is 17.8 Å². The first kappa shape index (κ1) is 9.94. The molecule has 74 valence electrons. The summed E-state index contributed by atoms with van der Waals surface area (Å²) in [6, 6.07) is -3.41. The Kier molecular flexibility index (Phi) is 2.05. The van der Waals surface area contributed by atoms with Crippen LogP contribution in [0.2, 0.25) is 0 Å². The highest BCUT2D eigenvalue weighted by atomic mass is 19.4. The topological polar surface area (TPSA) is 17.8 Å². The van der Waals surface area contributed by atoms with Crippen LogP contribution in [0.5, 0.6) is 0 Å². The summed E-state index contributed by atoms with van der Waals surface area (Å²) in [4.78, 5) is 0. The van der Waals surface area contributed by atoms with Gasteiger partial charge in [-0.15, -0.1) is 0 Å². The average Bonchev–Trinajstić information content (AvgIpc) is 2.28. The van der Waals surface area contributed by atoms with Crippen molar-refractivity contribution in [2.45, 2.75) is 19.1 Å². The number of alkyl halides is 5. The molecule has 0 saturated carbocycles. The Morgan fingerprint density at radius 2 is 1.77 bits per heavy atom. The third-order valence-corrected chi connectivity index (χ3v) is 1.31. The van der Waals surface area contributed by atoms with Gasteiger partial charge in [-0.25, -0.2) is 4.68 Å². The van der Waals surface area contributed by atoms with Crippen molar-refractivity contribution in [3.05, 3.63) is 18.0 Å². The second kappa shape index (κ2) is 2.68. The monoisotopic (exact) mass is 200 g/mol. The molecule has 0 atom stereocenters. The molecule has 0 radical (unpaired) electrons. The van der Waals surface area contributed by atoms with Crippen LogP contribution in [0.3, 0.4) is 0 Å². The van der Waals surface area contributed by atoms with Crippen molar-refractivity contribution in [2.75, 3.05) is 0 Å². The van der Waals surface area contributed by atoms with Crippen LogP contribution in [-0.2, 0) is 12.2 Å². The van der Waals surface area contributed by atoms with E-state index in [0.29, 0.717) is 13.1 Å². The van der Waals surface area contributed by atoms with Gasteiger partial charge in [0.05, 0.1) is 11.8 Å². The van der Waals surface area contributed by atoms with Crippen molar-refractivity contribution in [1.29, 1.82) is 0 Å². The van der Waals surface area contributed by atoms with Crippen molar-refractivity contribution >= 4 is 0 Å². The first-order chi connectivity index (χ1) is 5.71. The Hall–Kier alpha value is -1.14. The fourth-order valence-corrected chi connectivity index (χ4v) is 0.684. The molecule has 0 saturated heterocycles. The molecule has 0 aliphatic carbocycles. The van der Waals surface area contributed by atoms with E-state index in [1.165, 1.54) is 0 Å². The van der Waals surface area contributed by atoms with Gasteiger partial charge in [0.15, 0.2) is 0 Å². The minimum atomic E-state index is -4.64. The number of rotatable bonds is 1. The van der Waals surface area contributed by atoms with Crippen LogP contribution in [0.15, 0.2) is 12.4 Å². The highest BCUT2D eigenvalue weighted by molar-refractivity contribution is 5.08. The molecule has 0 fully saturated rings. The Labute approximate surface area is 70.0 Å². The largest absolute Gasteiger partial charge is 0.419 e. The van der Waals surface area contributed by atoms with E-state index in [-0.39, 0.29) is 10.9 Å². The minimum absolute atomic E-state index is 0.0319. The summed E-state index contributed by atoms with van der Waals surface area (Å²) >= 11 is 0. The van der Waals surface area contributed by atoms with E-state index in [1.807, 2.05) is 0 Å². The number of nitrogens with zero attached hydrogens (tertiary/aromatic N) is 2. The van der Waals surface area contributed by atoms with Crippen LogP contribution in [0.4, 0.5) is 22.0 Å². The summed E-state index contributed by atoms with van der Waals surface area (Å²) in [6.07, 6.45) is -4.01. The van der Waals surface area contributed by atoms with Gasteiger partial charge >= 0.3 is 12.2 Å². The summed E-state index contributed by atoms with van der Waals surface area (Å²) in [5.41, 5.74) is -1.19. The zero-order valence-corrected chi connectivity index (χ0v) is 6.44. The van der Waals surface area contributed by atoms with Gasteiger partial charge in [-0.05, 0) is 0 Å². The second-order valence-electron chi connectivity index (χ2n) is 2.51. The Morgan fingerprint density at radius 3 is 2.00 bits per heavy atom. The summed E-state index contributed by atoms with van der Waals surface area (Å²) < 4.78 is 60.4. The maximum Gasteiger partial charge on any atom is 0.419 e. The van der Waals surface area contributed by atoms with Crippen LogP contribution < -0.4 is 0 Å². The van der Waals surface area contributed by atoms with Gasteiger partial charge in [0.2, 0.25) is 0 Å². The number of hydrogen-bond acceptors (Lipinski definition) is 1. The van der Waals surface area contributed by atoms with Crippen LogP contribution in [0.1, 0.15) is 12.5 Å². The van der Waals surface area contributed by atoms with Crippen molar-refractivity contribution < 1.29 is 22.0 Å². The molecule has 0 spiro atoms. The maximum atomic E-state index is 12.4. The fourth-order valence-electron chi connectivity index (χ4n) is 0.684. The quantitative estimate of drug-likeness (QED) is 0.636. The van der Waals surface area contributed by atoms with Crippen LogP contribution in [-0.4, -0.2) is 9.78 Å². The van der Waals surface area contributed by atoms with Crippen LogP contribution in [0.25, 0.3) is 0 Å². The molecule has 7 heteroatoms. The first-order valence-electron chi connectivity index (χ1n) is 3.21. The van der Waals surface area contributed by atoms with Gasteiger partial charge in [0.25, 0.3) is 0 Å². The summed E-state index contributed by atoms with van der Waals surface area (Å²) in [5, 5.41) is 2.90. The Morgan fingerprint density at radius 1 is 1.23 bits per heavy atom. The zero-order valence-electron chi connectivity index (χ0n) is 6.44. The lowest BCUT2D eigenvalue weighted by molar-refractivity contribution is -0.138. The van der Waals surface area contributed by atoms with E-state index >= 15 is 0 Å². The van der Waals surface area contributed by atoms with Gasteiger partial charge in [0, 0.05) is 13.1 Å². The van der Waals surface area contributed by atoms with Crippen molar-refractivity contribution in [3.63, 3.8) is 0 Å². The third-order valence-electron chi connectivity index (χ3n) is 1.31. The highest BCUT2D eigenvalue weighted by Gasteiger charge is 2.35. The molecule has 1 heterocycles. The molecular weight excluding hydrogens is 195 g/mol. The van der Waals surface area contributed by atoms with E-state index in [4.69, 9.17) is 0 Å². The Bertz CT molecular complexity index is 266. The summed E-state index contributed by atoms with van der Waals surface area (Å²) in [5.74, 6) is 0. The molecule has 0 aliphatic rings. The number of halogens is 5. The molecule has 0 N–H and O–H groups in total. The van der Waals surface area contributed by atoms with E-state index in [0.717, 1.165) is 0 Å². The predicted molar refractivity (Wildman–Crippen MR) is 33.1 cm³/mol. The molecule has 1 rings (SSSR count). The van der Waals surface area contributed by atoms with Crippen molar-refractivity contribution in [2.24, 2.45) is 0 Å². The lowest BCUT2D eigenvalue weighted by Gasteiger charge is -2.09. The van der Waals surface area contributed by atoms with Crippen LogP contribution >= 0.6 is 0 Å². The standard InChI is InChI=1S/C6H5F5N2/c1-5(7,8)13-3-4(2-12-13)6(9,10)11/h2-3H,1H3. The average molecular weight is 200 g/mol. The van der Waals surface area contributed by atoms with E-state index in [9.17, 15) is 22.0 Å². The minimum Gasteiger partial charge on any atom is -0.209 e. The molecule has 2 nitrogen and oxygen atoms in total. The molecule has 0 amide bonds. The maximum absolute atomic E-state index is 12.4. The van der Waals surface area contributed by atoms with Crippen molar-refractivity contribution in [3.8, 4) is 0 Å². The molecule has 1 aromatic heterocycles. The van der Waals surface area contributed by atoms with Gasteiger partial charge in [-0.1, -0.05) is 0 Å². The molecular formula is C6H5F5N2. The smallest absolute Gasteiger partial charge is 0.209 e. The normalized spacial score (nSPS) is 13.4. The van der Waals surface area contributed by atoms with Crippen LogP contribution in [0, 0.1) is 0 Å². The summed E-state index contributed by atoms with van der Waals surface area (Å²) in [6.45, 7) is 0.458. The molecule has 0 unspecified atom stereocenters. The lowest BCUT2D eigenvalue weighted by Crippen LogP contribution is -2.18. The molecule has 0 bridgehead atoms. The summed E-state index contributed by atoms with van der Waals surface area (Å²) in [7, 11) is 0. The van der Waals surface area contributed by atoms with Gasteiger partial charge < -0.3 is 0 Å². The van der Waals surface area contributed by atoms with Gasteiger partial charge in [-0.3, -0.25) is 0 Å². The molecule has 13 heavy (non-hydrogen) atoms. The molecule has 0 aliphatic heterocycles. The zero-order chi connectivity index (χ0) is 10.3. The highest BCUT2D eigenvalue weighted by Crippen LogP contribution is 2.30. The second-order valence-corrected chi connectivity index (χ2v) is 2.51. The third kappa shape index (κ3) is 2.16.